The molecule has 90 valence electrons. The molecule has 2 rings (SSSR count). The molecule has 0 amide bonds. The van der Waals surface area contributed by atoms with E-state index >= 15 is 0 Å². The smallest absolute Gasteiger partial charge is 0.191 e. The molecule has 0 aliphatic heterocycles. The first kappa shape index (κ1) is 12.6. The molecule has 1 aromatic carbocycles. The summed E-state index contributed by atoms with van der Waals surface area (Å²) in [4.78, 5) is 6.78. The van der Waals surface area contributed by atoms with E-state index in [9.17, 15) is 4.39 Å². The van der Waals surface area contributed by atoms with Crippen LogP contribution in [0.3, 0.4) is 0 Å². The number of aromatic nitrogens is 1. The molecule has 2 nitrogen and oxygen atoms in total. The number of anilines is 2. The van der Waals surface area contributed by atoms with Crippen molar-refractivity contribution in [2.45, 2.75) is 5.88 Å². The number of rotatable bonds is 3. The summed E-state index contributed by atoms with van der Waals surface area (Å²) in [6.45, 7) is 0. The highest BCUT2D eigenvalue weighted by Crippen LogP contribution is 2.33. The first-order valence-corrected chi connectivity index (χ1v) is 6.55. The van der Waals surface area contributed by atoms with E-state index in [0.29, 0.717) is 16.2 Å². The van der Waals surface area contributed by atoms with Crippen LogP contribution in [0.15, 0.2) is 24.3 Å². The number of benzene rings is 1. The molecule has 0 bridgehead atoms. The maximum atomic E-state index is 13.1. The van der Waals surface area contributed by atoms with Crippen LogP contribution in [0, 0.1) is 5.82 Å². The van der Waals surface area contributed by atoms with Crippen LogP contribution in [0.5, 0.6) is 0 Å². The van der Waals surface area contributed by atoms with Crippen molar-refractivity contribution >= 4 is 45.4 Å². The predicted octanol–water partition coefficient (Wildman–Crippen LogP) is 4.44. The van der Waals surface area contributed by atoms with Crippen LogP contribution in [0.25, 0.3) is 0 Å². The Bertz CT molecular complexity index is 530. The third kappa shape index (κ3) is 2.70. The van der Waals surface area contributed by atoms with Crippen LogP contribution >= 0.6 is 34.5 Å². The lowest BCUT2D eigenvalue weighted by molar-refractivity contribution is 0.628. The number of alkyl halides is 1. The van der Waals surface area contributed by atoms with Crippen LogP contribution < -0.4 is 4.90 Å². The van der Waals surface area contributed by atoms with E-state index in [-0.39, 0.29) is 5.82 Å². The van der Waals surface area contributed by atoms with Crippen molar-refractivity contribution in [3.05, 3.63) is 40.1 Å². The van der Waals surface area contributed by atoms with Gasteiger partial charge in [0.25, 0.3) is 0 Å². The zero-order valence-electron chi connectivity index (χ0n) is 8.95. The fourth-order valence-corrected chi connectivity index (χ4v) is 2.80. The fourth-order valence-electron chi connectivity index (χ4n) is 1.34. The molecule has 0 radical (unpaired) electrons. The third-order valence-electron chi connectivity index (χ3n) is 2.24. The molecular formula is C11H9Cl2FN2S. The van der Waals surface area contributed by atoms with Crippen molar-refractivity contribution < 1.29 is 4.39 Å². The lowest BCUT2D eigenvalue weighted by Gasteiger charge is -2.15. The van der Waals surface area contributed by atoms with Gasteiger partial charge in [-0.2, -0.15) is 0 Å². The van der Waals surface area contributed by atoms with Gasteiger partial charge < -0.3 is 4.90 Å². The molecule has 2 aromatic rings. The molecule has 0 saturated carbocycles. The highest BCUT2D eigenvalue weighted by molar-refractivity contribution is 7.16. The molecule has 17 heavy (non-hydrogen) atoms. The number of nitrogens with zero attached hydrogens (tertiary/aromatic N) is 2. The Hall–Kier alpha value is -0.840. The van der Waals surface area contributed by atoms with Crippen LogP contribution in [0.2, 0.25) is 5.15 Å². The lowest BCUT2D eigenvalue weighted by atomic mass is 10.3. The van der Waals surface area contributed by atoms with Crippen molar-refractivity contribution in [1.29, 1.82) is 0 Å². The Morgan fingerprint density at radius 3 is 2.82 bits per heavy atom. The van der Waals surface area contributed by atoms with Gasteiger partial charge in [0, 0.05) is 12.7 Å². The van der Waals surface area contributed by atoms with Gasteiger partial charge in [0.05, 0.1) is 10.8 Å². The molecule has 0 unspecified atom stereocenters. The van der Waals surface area contributed by atoms with Gasteiger partial charge in [0.2, 0.25) is 0 Å². The maximum absolute atomic E-state index is 13.1. The fraction of sp³-hybridized carbons (Fsp3) is 0.182. The summed E-state index contributed by atoms with van der Waals surface area (Å²) < 4.78 is 13.1. The molecule has 0 spiro atoms. The van der Waals surface area contributed by atoms with Gasteiger partial charge in [-0.1, -0.05) is 29.0 Å². The highest BCUT2D eigenvalue weighted by atomic mass is 35.5. The quantitative estimate of drug-likeness (QED) is 0.777. The van der Waals surface area contributed by atoms with E-state index in [0.717, 1.165) is 10.6 Å². The molecule has 0 fully saturated rings. The second kappa shape index (κ2) is 5.21. The second-order valence-electron chi connectivity index (χ2n) is 3.38. The molecule has 1 heterocycles. The van der Waals surface area contributed by atoms with Gasteiger partial charge in [-0.25, -0.2) is 9.37 Å². The maximum Gasteiger partial charge on any atom is 0.191 e. The summed E-state index contributed by atoms with van der Waals surface area (Å²) in [6.07, 6.45) is 0. The Morgan fingerprint density at radius 2 is 2.24 bits per heavy atom. The van der Waals surface area contributed by atoms with Gasteiger partial charge in [0.1, 0.15) is 11.0 Å². The van der Waals surface area contributed by atoms with Gasteiger partial charge in [-0.15, -0.1) is 11.6 Å². The molecule has 1 aromatic heterocycles. The largest absolute Gasteiger partial charge is 0.321 e. The zero-order valence-corrected chi connectivity index (χ0v) is 11.3. The van der Waals surface area contributed by atoms with E-state index < -0.39 is 0 Å². The molecule has 0 aliphatic carbocycles. The van der Waals surface area contributed by atoms with Gasteiger partial charge >= 0.3 is 0 Å². The first-order valence-electron chi connectivity index (χ1n) is 4.82. The van der Waals surface area contributed by atoms with Crippen molar-refractivity contribution in [3.63, 3.8) is 0 Å². The zero-order chi connectivity index (χ0) is 12.4. The summed E-state index contributed by atoms with van der Waals surface area (Å²) >= 11 is 13.0. The Morgan fingerprint density at radius 1 is 1.47 bits per heavy atom. The molecule has 0 N–H and O–H groups in total. The molecule has 0 saturated heterocycles. The molecule has 0 atom stereocenters. The Kier molecular flexibility index (Phi) is 3.86. The average molecular weight is 291 g/mol. The van der Waals surface area contributed by atoms with Crippen molar-refractivity contribution in [2.75, 3.05) is 11.9 Å². The number of hydrogen-bond acceptors (Lipinski definition) is 3. The third-order valence-corrected chi connectivity index (χ3v) is 4.22. The molecular weight excluding hydrogens is 282 g/mol. The minimum Gasteiger partial charge on any atom is -0.321 e. The number of halogens is 3. The summed E-state index contributed by atoms with van der Waals surface area (Å²) in [7, 11) is 1.81. The lowest BCUT2D eigenvalue weighted by Crippen LogP contribution is -2.08. The van der Waals surface area contributed by atoms with E-state index in [4.69, 9.17) is 23.2 Å². The monoisotopic (exact) mass is 290 g/mol. The summed E-state index contributed by atoms with van der Waals surface area (Å²) in [5.41, 5.74) is 0.719. The molecule has 0 aliphatic rings. The minimum absolute atomic E-state index is 0.283. The Labute approximate surface area is 113 Å². The molecule has 6 heteroatoms. The van der Waals surface area contributed by atoms with Gasteiger partial charge in [-0.05, 0) is 18.2 Å². The van der Waals surface area contributed by atoms with E-state index in [1.165, 1.54) is 23.5 Å². The van der Waals surface area contributed by atoms with Crippen LogP contribution in [-0.2, 0) is 5.88 Å². The van der Waals surface area contributed by atoms with Crippen LogP contribution in [-0.4, -0.2) is 12.0 Å². The SMILES string of the molecule is CN(c1cccc(F)c1)c1nc(Cl)c(CCl)s1. The topological polar surface area (TPSA) is 16.1 Å². The second-order valence-corrected chi connectivity index (χ2v) is 5.07. The van der Waals surface area contributed by atoms with E-state index in [1.807, 2.05) is 7.05 Å². The summed E-state index contributed by atoms with van der Waals surface area (Å²) in [6, 6.07) is 6.30. The normalized spacial score (nSPS) is 10.6. The van der Waals surface area contributed by atoms with E-state index in [2.05, 4.69) is 4.98 Å². The number of thiazole rings is 1. The van der Waals surface area contributed by atoms with Gasteiger partial charge in [0.15, 0.2) is 5.13 Å². The minimum atomic E-state index is -0.283. The summed E-state index contributed by atoms with van der Waals surface area (Å²) in [5, 5.41) is 1.10. The van der Waals surface area contributed by atoms with Crippen molar-refractivity contribution in [1.82, 2.24) is 4.98 Å². The highest BCUT2D eigenvalue weighted by Gasteiger charge is 2.13. The van der Waals surface area contributed by atoms with Crippen LogP contribution in [0.4, 0.5) is 15.2 Å². The first-order chi connectivity index (χ1) is 8.11. The van der Waals surface area contributed by atoms with E-state index in [1.54, 1.807) is 17.0 Å². The summed E-state index contributed by atoms with van der Waals surface area (Å²) in [5.74, 6) is 0.0441. The standard InChI is InChI=1S/C11H9Cl2FN2S/c1-16(8-4-2-3-7(14)5-8)11-15-10(13)9(6-12)17-11/h2-5H,6H2,1H3. The van der Waals surface area contributed by atoms with Crippen molar-refractivity contribution in [3.8, 4) is 0 Å². The van der Waals surface area contributed by atoms with Crippen LogP contribution in [0.1, 0.15) is 4.88 Å². The van der Waals surface area contributed by atoms with Crippen molar-refractivity contribution in [2.24, 2.45) is 0 Å². The Balaban J connectivity index is 2.33. The van der Waals surface area contributed by atoms with Gasteiger partial charge in [-0.3, -0.25) is 0 Å². The number of hydrogen-bond donors (Lipinski definition) is 0. The average Bonchev–Trinajstić information content (AvgIpc) is 2.69. The predicted molar refractivity (Wildman–Crippen MR) is 71.1 cm³/mol.